The number of amides is 2. The monoisotopic (exact) mass is 354 g/mol. The number of aromatic nitrogens is 2. The average Bonchev–Trinajstić information content (AvgIpc) is 2.89. The van der Waals surface area contributed by atoms with Crippen molar-refractivity contribution < 1.29 is 19.1 Å². The van der Waals surface area contributed by atoms with Crippen molar-refractivity contribution in [1.82, 2.24) is 14.9 Å². The van der Waals surface area contributed by atoms with E-state index in [1.807, 2.05) is 0 Å². The van der Waals surface area contributed by atoms with Crippen LogP contribution in [0.2, 0.25) is 0 Å². The van der Waals surface area contributed by atoms with Crippen molar-refractivity contribution in [3.63, 3.8) is 0 Å². The van der Waals surface area contributed by atoms with Crippen molar-refractivity contribution >= 4 is 11.8 Å². The quantitative estimate of drug-likeness (QED) is 0.755. The second kappa shape index (κ2) is 6.54. The summed E-state index contributed by atoms with van der Waals surface area (Å²) in [5.74, 6) is 2.98. The Morgan fingerprint density at radius 3 is 2.85 bits per heavy atom. The van der Waals surface area contributed by atoms with E-state index in [0.29, 0.717) is 6.54 Å². The van der Waals surface area contributed by atoms with Gasteiger partial charge in [0.1, 0.15) is 11.5 Å². The van der Waals surface area contributed by atoms with Crippen LogP contribution in [0.3, 0.4) is 0 Å². The molecule has 7 nitrogen and oxygen atoms in total. The van der Waals surface area contributed by atoms with Crippen LogP contribution >= 0.6 is 0 Å². The van der Waals surface area contributed by atoms with Gasteiger partial charge in [-0.2, -0.15) is 0 Å². The minimum absolute atomic E-state index is 0.0159. The predicted octanol–water partition coefficient (Wildman–Crippen LogP) is 0.326. The van der Waals surface area contributed by atoms with Gasteiger partial charge in [-0.15, -0.1) is 0 Å². The molecule has 0 spiro atoms. The first kappa shape index (κ1) is 17.5. The number of hydrogen-bond donors (Lipinski definition) is 2. The molecule has 1 aliphatic heterocycles. The van der Waals surface area contributed by atoms with Crippen LogP contribution in [0.5, 0.6) is 0 Å². The number of carbonyl (C=O) groups excluding carboxylic acids is 2. The summed E-state index contributed by atoms with van der Waals surface area (Å²) in [5, 5.41) is 10.3. The van der Waals surface area contributed by atoms with Crippen molar-refractivity contribution in [3.05, 3.63) is 47.5 Å². The highest BCUT2D eigenvalue weighted by atomic mass is 19.1. The van der Waals surface area contributed by atoms with Crippen LogP contribution in [0.25, 0.3) is 11.4 Å². The fraction of sp³-hybridized carbons (Fsp3) is 0.222. The summed E-state index contributed by atoms with van der Waals surface area (Å²) in [6.45, 7) is 0.375. The van der Waals surface area contributed by atoms with E-state index in [0.717, 1.165) is 0 Å². The molecular formula is C18H15FN4O3. The molecule has 0 bridgehead atoms. The van der Waals surface area contributed by atoms with Gasteiger partial charge in [0.25, 0.3) is 11.8 Å². The van der Waals surface area contributed by atoms with Gasteiger partial charge in [-0.05, 0) is 18.2 Å². The van der Waals surface area contributed by atoms with E-state index in [4.69, 9.17) is 5.73 Å². The smallest absolute Gasteiger partial charge is 0.267 e. The van der Waals surface area contributed by atoms with Crippen LogP contribution in [0.4, 0.5) is 4.39 Å². The normalized spacial score (nSPS) is 19.2. The maximum Gasteiger partial charge on any atom is 0.267 e. The number of aliphatic hydroxyl groups is 1. The molecule has 0 radical (unpaired) electrons. The average molecular weight is 354 g/mol. The Labute approximate surface area is 148 Å². The first-order chi connectivity index (χ1) is 12.3. The van der Waals surface area contributed by atoms with Gasteiger partial charge in [0.05, 0.1) is 11.1 Å². The number of hydrogen-bond acceptors (Lipinski definition) is 5. The van der Waals surface area contributed by atoms with Crippen molar-refractivity contribution in [2.75, 3.05) is 13.6 Å². The van der Waals surface area contributed by atoms with Gasteiger partial charge in [-0.3, -0.25) is 9.59 Å². The first-order valence-corrected chi connectivity index (χ1v) is 7.75. The van der Waals surface area contributed by atoms with Crippen molar-refractivity contribution in [2.45, 2.75) is 12.0 Å². The van der Waals surface area contributed by atoms with E-state index in [-0.39, 0.29) is 29.1 Å². The Morgan fingerprint density at radius 1 is 1.42 bits per heavy atom. The molecule has 1 aliphatic rings. The van der Waals surface area contributed by atoms with Crippen molar-refractivity contribution in [1.29, 1.82) is 0 Å². The summed E-state index contributed by atoms with van der Waals surface area (Å²) in [6.07, 6.45) is 1.45. The molecule has 3 rings (SSSR count). The minimum Gasteiger partial charge on any atom is -0.369 e. The van der Waals surface area contributed by atoms with Crippen molar-refractivity contribution in [2.24, 2.45) is 5.73 Å². The molecule has 26 heavy (non-hydrogen) atoms. The topological polar surface area (TPSA) is 109 Å². The van der Waals surface area contributed by atoms with E-state index in [9.17, 15) is 19.1 Å². The van der Waals surface area contributed by atoms with Gasteiger partial charge < -0.3 is 15.7 Å². The minimum atomic E-state index is -1.82. The summed E-state index contributed by atoms with van der Waals surface area (Å²) < 4.78 is 14.8. The Hall–Kier alpha value is -3.31. The van der Waals surface area contributed by atoms with Crippen LogP contribution in [-0.4, -0.2) is 51.0 Å². The lowest BCUT2D eigenvalue weighted by Crippen LogP contribution is -2.37. The Balaban J connectivity index is 1.99. The number of halogens is 1. The lowest BCUT2D eigenvalue weighted by Gasteiger charge is -2.13. The molecule has 8 heteroatoms. The van der Waals surface area contributed by atoms with Crippen molar-refractivity contribution in [3.8, 4) is 23.2 Å². The van der Waals surface area contributed by atoms with Gasteiger partial charge in [-0.25, -0.2) is 14.4 Å². The summed E-state index contributed by atoms with van der Waals surface area (Å²) >= 11 is 0. The maximum atomic E-state index is 14.8. The highest BCUT2D eigenvalue weighted by Gasteiger charge is 2.42. The molecule has 132 valence electrons. The molecule has 3 N–H and O–H groups in total. The van der Waals surface area contributed by atoms with E-state index in [1.165, 1.54) is 35.4 Å². The number of benzene rings is 1. The molecule has 1 fully saturated rings. The molecular weight excluding hydrogens is 339 g/mol. The highest BCUT2D eigenvalue weighted by Crippen LogP contribution is 2.23. The third-order valence-corrected chi connectivity index (χ3v) is 4.06. The van der Waals surface area contributed by atoms with E-state index < -0.39 is 23.2 Å². The van der Waals surface area contributed by atoms with E-state index >= 15 is 0 Å². The standard InChI is InChI=1S/C18H15FN4O3/c1-23-10-8-18(26,17(23)25)7-5-11-3-2-4-12(14(11)19)16-21-9-6-13(22-16)15(20)24/h2-4,6,9,26H,8,10H2,1H3,(H2,20,24). The van der Waals surface area contributed by atoms with Gasteiger partial charge in [-0.1, -0.05) is 17.9 Å². The predicted molar refractivity (Wildman–Crippen MR) is 90.0 cm³/mol. The number of primary amides is 1. The molecule has 1 unspecified atom stereocenters. The third kappa shape index (κ3) is 3.12. The number of likely N-dealkylation sites (tertiary alicyclic amines) is 1. The van der Waals surface area contributed by atoms with Crippen LogP contribution < -0.4 is 5.73 Å². The summed E-state index contributed by atoms with van der Waals surface area (Å²) in [4.78, 5) is 32.4. The molecule has 1 saturated heterocycles. The van der Waals surface area contributed by atoms with Gasteiger partial charge in [0, 0.05) is 26.2 Å². The largest absolute Gasteiger partial charge is 0.369 e. The second-order valence-electron chi connectivity index (χ2n) is 5.88. The molecule has 1 aromatic carbocycles. The van der Waals surface area contributed by atoms with Crippen LogP contribution in [0.1, 0.15) is 22.5 Å². The Kier molecular flexibility index (Phi) is 4.40. The van der Waals surface area contributed by atoms with Crippen LogP contribution in [-0.2, 0) is 4.79 Å². The molecule has 2 amide bonds. The zero-order valence-electron chi connectivity index (χ0n) is 13.9. The maximum absolute atomic E-state index is 14.8. The Bertz CT molecular complexity index is 966. The summed E-state index contributed by atoms with van der Waals surface area (Å²) in [7, 11) is 1.56. The Morgan fingerprint density at radius 2 is 2.19 bits per heavy atom. The number of carbonyl (C=O) groups is 2. The molecule has 1 atom stereocenters. The lowest BCUT2D eigenvalue weighted by atomic mass is 10.0. The summed E-state index contributed by atoms with van der Waals surface area (Å²) in [5.41, 5.74) is 3.32. The molecule has 2 heterocycles. The highest BCUT2D eigenvalue weighted by molar-refractivity contribution is 5.91. The molecule has 2 aromatic rings. The molecule has 1 aromatic heterocycles. The zero-order valence-corrected chi connectivity index (χ0v) is 13.9. The number of nitrogens with zero attached hydrogens (tertiary/aromatic N) is 3. The molecule has 0 aliphatic carbocycles. The fourth-order valence-electron chi connectivity index (χ4n) is 2.57. The van der Waals surface area contributed by atoms with E-state index in [2.05, 4.69) is 21.8 Å². The number of rotatable bonds is 2. The number of likely N-dealkylation sites (N-methyl/N-ethyl adjacent to an activating group) is 1. The summed E-state index contributed by atoms with van der Waals surface area (Å²) in [6, 6.07) is 5.71. The van der Waals surface area contributed by atoms with Gasteiger partial charge in [0.2, 0.25) is 5.60 Å². The van der Waals surface area contributed by atoms with Gasteiger partial charge >= 0.3 is 0 Å². The lowest BCUT2D eigenvalue weighted by molar-refractivity contribution is -0.137. The van der Waals surface area contributed by atoms with Gasteiger partial charge in [0.15, 0.2) is 5.82 Å². The van der Waals surface area contributed by atoms with E-state index in [1.54, 1.807) is 7.05 Å². The SMILES string of the molecule is CN1CCC(O)(C#Cc2cccc(-c3nccc(C(N)=O)n3)c2F)C1=O. The fourth-order valence-corrected chi connectivity index (χ4v) is 2.57. The number of nitrogens with two attached hydrogens (primary N) is 1. The van der Waals surface area contributed by atoms with Crippen LogP contribution in [0.15, 0.2) is 30.5 Å². The first-order valence-electron chi connectivity index (χ1n) is 7.75. The third-order valence-electron chi connectivity index (χ3n) is 4.06. The zero-order chi connectivity index (χ0) is 18.9. The second-order valence-corrected chi connectivity index (χ2v) is 5.88. The molecule has 0 saturated carbocycles. The van der Waals surface area contributed by atoms with Crippen LogP contribution in [0, 0.1) is 17.7 Å².